The molecule has 0 radical (unpaired) electrons. The first-order valence-corrected chi connectivity index (χ1v) is 12.3. The summed E-state index contributed by atoms with van der Waals surface area (Å²) >= 11 is 6.87. The number of thiophene rings is 1. The van der Waals surface area contributed by atoms with Crippen LogP contribution in [0.4, 0.5) is 23.2 Å². The quantitative estimate of drug-likeness (QED) is 0.490. The molecule has 0 bridgehead atoms. The first kappa shape index (κ1) is 24.6. The van der Waals surface area contributed by atoms with E-state index in [2.05, 4.69) is 15.1 Å². The standard InChI is InChI=1S/C19H16ClF4N5O3S2/c1-28-16(18(30)26-12-2-3-14(21)13(20)5-12)6-15(27-34(28,31)32)17-4-10(9-33-17)11-7-25-29(8-11)19(22,23)24/h2-5,7-9,15-16,27H,6H2,1H3,(H,26,30). The molecule has 15 heteroatoms. The average Bonchev–Trinajstić information content (AvgIpc) is 3.42. The second-order valence-electron chi connectivity index (χ2n) is 7.44. The second-order valence-corrected chi connectivity index (χ2v) is 10.6. The Balaban J connectivity index is 1.56. The van der Waals surface area contributed by atoms with Gasteiger partial charge in [0.05, 0.1) is 17.3 Å². The zero-order chi connectivity index (χ0) is 24.8. The molecule has 2 aromatic heterocycles. The smallest absolute Gasteiger partial charge is 0.325 e. The van der Waals surface area contributed by atoms with Crippen molar-refractivity contribution in [2.24, 2.45) is 0 Å². The molecule has 182 valence electrons. The van der Waals surface area contributed by atoms with Gasteiger partial charge in [0, 0.05) is 29.4 Å². The molecule has 2 atom stereocenters. The summed E-state index contributed by atoms with van der Waals surface area (Å²) in [6, 6.07) is 3.20. The molecule has 1 aliphatic heterocycles. The van der Waals surface area contributed by atoms with Crippen LogP contribution >= 0.6 is 22.9 Å². The summed E-state index contributed by atoms with van der Waals surface area (Å²) in [7, 11) is -2.81. The summed E-state index contributed by atoms with van der Waals surface area (Å²) in [6.07, 6.45) is -2.73. The Morgan fingerprint density at radius 2 is 2.03 bits per heavy atom. The van der Waals surface area contributed by atoms with Gasteiger partial charge in [-0.05, 0) is 41.6 Å². The number of halogens is 5. The molecule has 2 N–H and O–H groups in total. The number of rotatable bonds is 4. The molecule has 4 rings (SSSR count). The lowest BCUT2D eigenvalue weighted by molar-refractivity contribution is -0.212. The molecular weight excluding hydrogens is 522 g/mol. The van der Waals surface area contributed by atoms with Crippen molar-refractivity contribution in [3.63, 3.8) is 0 Å². The van der Waals surface area contributed by atoms with Crippen LogP contribution in [0.5, 0.6) is 0 Å². The van der Waals surface area contributed by atoms with Crippen LogP contribution in [0, 0.1) is 5.82 Å². The summed E-state index contributed by atoms with van der Waals surface area (Å²) in [6.45, 7) is 0. The summed E-state index contributed by atoms with van der Waals surface area (Å²) < 4.78 is 80.3. The Kier molecular flexibility index (Phi) is 6.46. The molecule has 3 heterocycles. The third kappa shape index (κ3) is 4.95. The fourth-order valence-electron chi connectivity index (χ4n) is 3.39. The van der Waals surface area contributed by atoms with Crippen LogP contribution in [0.25, 0.3) is 11.1 Å². The van der Waals surface area contributed by atoms with Gasteiger partial charge in [0.25, 0.3) is 10.2 Å². The SMILES string of the molecule is CN1C(C(=O)Nc2ccc(F)c(Cl)c2)CC(c2cc(-c3cnn(C(F)(F)F)c3)cs2)NS1(=O)=O. The Morgan fingerprint density at radius 3 is 2.68 bits per heavy atom. The zero-order valence-electron chi connectivity index (χ0n) is 17.2. The number of nitrogens with one attached hydrogen (secondary N) is 2. The van der Waals surface area contributed by atoms with E-state index < -0.39 is 40.3 Å². The molecule has 1 aliphatic rings. The van der Waals surface area contributed by atoms with Crippen LogP contribution < -0.4 is 10.0 Å². The number of aromatic nitrogens is 2. The van der Waals surface area contributed by atoms with E-state index in [1.54, 1.807) is 11.4 Å². The van der Waals surface area contributed by atoms with E-state index in [1.807, 2.05) is 0 Å². The number of carbonyl (C=O) groups excluding carboxylic acids is 1. The lowest BCUT2D eigenvalue weighted by Crippen LogP contribution is -2.55. The van der Waals surface area contributed by atoms with Crippen molar-refractivity contribution in [3.05, 3.63) is 57.8 Å². The van der Waals surface area contributed by atoms with E-state index in [0.29, 0.717) is 10.4 Å². The van der Waals surface area contributed by atoms with Gasteiger partial charge in [0.2, 0.25) is 5.91 Å². The number of hydrogen-bond acceptors (Lipinski definition) is 5. The number of carbonyl (C=O) groups is 1. The van der Waals surface area contributed by atoms with Gasteiger partial charge in [-0.2, -0.15) is 27.2 Å². The predicted molar refractivity (Wildman–Crippen MR) is 118 cm³/mol. The van der Waals surface area contributed by atoms with Crippen molar-refractivity contribution in [2.45, 2.75) is 24.8 Å². The third-order valence-corrected chi connectivity index (χ3v) is 8.13. The monoisotopic (exact) mass is 537 g/mol. The highest BCUT2D eigenvalue weighted by molar-refractivity contribution is 7.87. The van der Waals surface area contributed by atoms with Gasteiger partial charge in [0.1, 0.15) is 11.9 Å². The molecule has 1 saturated heterocycles. The van der Waals surface area contributed by atoms with E-state index >= 15 is 0 Å². The Hall–Kier alpha value is -2.52. The Labute approximate surface area is 200 Å². The minimum absolute atomic E-state index is 0.0399. The molecular formula is C19H16ClF4N5O3S2. The third-order valence-electron chi connectivity index (χ3n) is 5.20. The van der Waals surface area contributed by atoms with Gasteiger partial charge < -0.3 is 5.32 Å². The van der Waals surface area contributed by atoms with Crippen LogP contribution in [-0.4, -0.2) is 41.5 Å². The maximum atomic E-state index is 13.4. The summed E-state index contributed by atoms with van der Waals surface area (Å²) in [5.41, 5.74) is 0.825. The lowest BCUT2D eigenvalue weighted by atomic mass is 10.0. The highest BCUT2D eigenvalue weighted by atomic mass is 35.5. The van der Waals surface area contributed by atoms with Gasteiger partial charge >= 0.3 is 6.30 Å². The molecule has 2 unspecified atom stereocenters. The molecule has 3 aromatic rings. The van der Waals surface area contributed by atoms with Gasteiger partial charge in [-0.1, -0.05) is 11.6 Å². The van der Waals surface area contributed by atoms with Crippen molar-refractivity contribution in [3.8, 4) is 11.1 Å². The van der Waals surface area contributed by atoms with Gasteiger partial charge in [-0.3, -0.25) is 4.79 Å². The van der Waals surface area contributed by atoms with E-state index in [-0.39, 0.29) is 27.4 Å². The first-order chi connectivity index (χ1) is 15.8. The topological polar surface area (TPSA) is 96.3 Å². The molecule has 34 heavy (non-hydrogen) atoms. The van der Waals surface area contributed by atoms with Crippen LogP contribution in [0.15, 0.2) is 42.0 Å². The number of benzene rings is 1. The van der Waals surface area contributed by atoms with Crippen LogP contribution in [0.2, 0.25) is 5.02 Å². The Bertz CT molecular complexity index is 1340. The summed E-state index contributed by atoms with van der Waals surface area (Å²) in [5, 5.41) is 7.20. The maximum absolute atomic E-state index is 13.4. The van der Waals surface area contributed by atoms with Crippen LogP contribution in [-0.2, 0) is 21.3 Å². The van der Waals surface area contributed by atoms with Crippen molar-refractivity contribution in [1.82, 2.24) is 18.8 Å². The van der Waals surface area contributed by atoms with Crippen LogP contribution in [0.3, 0.4) is 0 Å². The summed E-state index contributed by atoms with van der Waals surface area (Å²) in [4.78, 5) is 13.4. The normalized spacial score (nSPS) is 20.9. The first-order valence-electron chi connectivity index (χ1n) is 9.57. The fourth-order valence-corrected chi connectivity index (χ4v) is 5.90. The number of nitrogens with zero attached hydrogens (tertiary/aromatic N) is 3. The Morgan fingerprint density at radius 1 is 1.29 bits per heavy atom. The molecule has 1 amide bonds. The lowest BCUT2D eigenvalue weighted by Gasteiger charge is -2.35. The second kappa shape index (κ2) is 8.92. The average molecular weight is 538 g/mol. The highest BCUT2D eigenvalue weighted by Gasteiger charge is 2.41. The van der Waals surface area contributed by atoms with E-state index in [4.69, 9.17) is 11.6 Å². The number of alkyl halides is 3. The molecule has 0 saturated carbocycles. The number of amides is 1. The zero-order valence-corrected chi connectivity index (χ0v) is 19.6. The largest absolute Gasteiger partial charge is 0.504 e. The van der Waals surface area contributed by atoms with Crippen molar-refractivity contribution < 1.29 is 30.8 Å². The molecule has 8 nitrogen and oxygen atoms in total. The van der Waals surface area contributed by atoms with E-state index in [0.717, 1.165) is 34.1 Å². The van der Waals surface area contributed by atoms with Crippen molar-refractivity contribution in [2.75, 3.05) is 12.4 Å². The van der Waals surface area contributed by atoms with Crippen molar-refractivity contribution >= 4 is 44.7 Å². The fraction of sp³-hybridized carbons (Fsp3) is 0.263. The minimum Gasteiger partial charge on any atom is -0.325 e. The van der Waals surface area contributed by atoms with E-state index in [9.17, 15) is 30.8 Å². The predicted octanol–water partition coefficient (Wildman–Crippen LogP) is 4.10. The number of hydrogen-bond donors (Lipinski definition) is 2. The minimum atomic E-state index is -4.66. The highest BCUT2D eigenvalue weighted by Crippen LogP contribution is 2.35. The van der Waals surface area contributed by atoms with Gasteiger partial charge in [-0.25, -0.2) is 4.39 Å². The number of likely N-dealkylation sites (N-methyl/N-ethyl adjacent to an activating group) is 1. The molecule has 0 spiro atoms. The number of anilines is 1. The van der Waals surface area contributed by atoms with Gasteiger partial charge in [0.15, 0.2) is 0 Å². The van der Waals surface area contributed by atoms with Crippen molar-refractivity contribution in [1.29, 1.82) is 0 Å². The van der Waals surface area contributed by atoms with E-state index in [1.165, 1.54) is 19.2 Å². The molecule has 1 aromatic carbocycles. The molecule has 1 fully saturated rings. The summed E-state index contributed by atoms with van der Waals surface area (Å²) in [5.74, 6) is -1.32. The van der Waals surface area contributed by atoms with Crippen LogP contribution in [0.1, 0.15) is 17.3 Å². The molecule has 0 aliphatic carbocycles. The van der Waals surface area contributed by atoms with Gasteiger partial charge in [-0.15, -0.1) is 24.5 Å². The maximum Gasteiger partial charge on any atom is 0.504 e.